The molecule has 0 aromatic carbocycles. The van der Waals surface area contributed by atoms with E-state index in [4.69, 9.17) is 12.7 Å². The molecule has 0 N–H and O–H groups in total. The van der Waals surface area contributed by atoms with Crippen LogP contribution in [0.4, 0.5) is 0 Å². The number of aliphatic imine (C=N–C) groups is 1. The maximum Gasteiger partial charge on any atom is 0.286 e. The molecule has 2 saturated carbocycles. The number of rotatable bonds is 4. The highest BCUT2D eigenvalue weighted by molar-refractivity contribution is 14.1. The normalized spacial score (nSPS) is 32.4. The Kier molecular flexibility index (Phi) is 8.80. The Morgan fingerprint density at radius 1 is 1.18 bits per heavy atom. The molecule has 0 saturated heterocycles. The molecule has 0 radical (unpaired) electrons. The van der Waals surface area contributed by atoms with Crippen molar-refractivity contribution in [3.05, 3.63) is 0 Å². The first kappa shape index (κ1) is 16.3. The van der Waals surface area contributed by atoms with E-state index in [9.17, 15) is 4.79 Å². The van der Waals surface area contributed by atoms with Gasteiger partial charge >= 0.3 is 0 Å². The predicted molar refractivity (Wildman–Crippen MR) is 95.5 cm³/mol. The van der Waals surface area contributed by atoms with Gasteiger partial charge in [0.15, 0.2) is 0 Å². The van der Waals surface area contributed by atoms with Crippen LogP contribution in [0.2, 0.25) is 0 Å². The Hall–Kier alpha value is -0.600. The van der Waals surface area contributed by atoms with Gasteiger partial charge in [-0.15, -0.1) is 0 Å². The Balaban J connectivity index is 0.000000505. The van der Waals surface area contributed by atoms with Crippen molar-refractivity contribution >= 4 is 28.7 Å². The minimum atomic E-state index is -0.629. The predicted octanol–water partition coefficient (Wildman–Crippen LogP) is 4.77. The van der Waals surface area contributed by atoms with E-state index in [-0.39, 0.29) is 12.1 Å². The molecule has 0 amide bonds. The Morgan fingerprint density at radius 3 is 2.18 bits per heavy atom. The second-order valence-corrected chi connectivity index (χ2v) is 7.02. The van der Waals surface area contributed by atoms with E-state index in [0.717, 1.165) is 37.5 Å². The molecule has 0 unspecified atom stereocenters. The summed E-state index contributed by atoms with van der Waals surface area (Å²) in [5.74, 6) is 1.60. The summed E-state index contributed by atoms with van der Waals surface area (Å²) in [6.45, 7) is -0.629. The van der Waals surface area contributed by atoms with E-state index in [1.54, 1.807) is 6.08 Å². The highest BCUT2D eigenvalue weighted by Gasteiger charge is 2.27. The Morgan fingerprint density at radius 2 is 1.73 bits per heavy atom. The van der Waals surface area contributed by atoms with Crippen LogP contribution in [-0.4, -0.2) is 22.7 Å². The highest BCUT2D eigenvalue weighted by Crippen LogP contribution is 2.36. The minimum absolute atomic E-state index is 0.166. The standard InChI is InChI=1S/C15H22N2O2.C2H5I/c16-10-19-15-7-3-13(4-8-15)9-12-1-5-14(6-2-12)17-11-18;1-2-3/h12-15H,1-9H2;2H2,1H3/i;1D2. The number of nitriles is 1. The molecule has 0 bridgehead atoms. The van der Waals surface area contributed by atoms with Crippen LogP contribution in [0.3, 0.4) is 0 Å². The number of hydrogen-bond donors (Lipinski definition) is 0. The van der Waals surface area contributed by atoms with Crippen molar-refractivity contribution in [3.63, 3.8) is 0 Å². The number of isocyanates is 1. The van der Waals surface area contributed by atoms with Gasteiger partial charge in [-0.25, -0.2) is 9.79 Å². The van der Waals surface area contributed by atoms with E-state index < -0.39 is 6.88 Å². The largest absolute Gasteiger partial charge is 0.424 e. The van der Waals surface area contributed by atoms with Gasteiger partial charge in [-0.2, -0.15) is 5.26 Å². The van der Waals surface area contributed by atoms with Crippen LogP contribution >= 0.6 is 22.6 Å². The van der Waals surface area contributed by atoms with Crippen molar-refractivity contribution in [2.75, 3.05) is 4.43 Å². The number of halogens is 1. The smallest absolute Gasteiger partial charge is 0.286 e. The van der Waals surface area contributed by atoms with Gasteiger partial charge in [0.25, 0.3) is 6.26 Å². The second kappa shape index (κ2) is 11.9. The van der Waals surface area contributed by atoms with Crippen LogP contribution < -0.4 is 0 Å². The van der Waals surface area contributed by atoms with Crippen LogP contribution in [0.25, 0.3) is 0 Å². The summed E-state index contributed by atoms with van der Waals surface area (Å²) < 4.78 is 18.6. The maximum absolute atomic E-state index is 10.2. The molecule has 2 aliphatic carbocycles. The second-order valence-electron chi connectivity index (χ2n) is 6.14. The maximum atomic E-state index is 10.2. The molecule has 0 aromatic rings. The fourth-order valence-electron chi connectivity index (χ4n) is 3.62. The van der Waals surface area contributed by atoms with Gasteiger partial charge in [0.1, 0.15) is 6.10 Å². The van der Waals surface area contributed by atoms with Crippen LogP contribution in [0, 0.1) is 23.4 Å². The van der Waals surface area contributed by atoms with Gasteiger partial charge in [-0.1, -0.05) is 29.5 Å². The average Bonchev–Trinajstić information content (AvgIpc) is 2.59. The molecule has 2 aliphatic rings. The van der Waals surface area contributed by atoms with Gasteiger partial charge in [-0.05, 0) is 74.1 Å². The van der Waals surface area contributed by atoms with Crippen molar-refractivity contribution in [1.82, 2.24) is 0 Å². The SMILES string of the molecule is N#COC1CCC(CC2CCC(N=C=O)CC2)CC1.[2H]C([2H])CI. The molecule has 22 heavy (non-hydrogen) atoms. The third kappa shape index (κ3) is 7.60. The molecular weight excluding hydrogens is 391 g/mol. The van der Waals surface area contributed by atoms with Crippen molar-refractivity contribution in [1.29, 1.82) is 5.26 Å². The van der Waals surface area contributed by atoms with E-state index in [0.29, 0.717) is 4.43 Å². The number of hydrogen-bond acceptors (Lipinski definition) is 4. The Bertz CT molecular complexity index is 423. The molecule has 5 heteroatoms. The van der Waals surface area contributed by atoms with Crippen molar-refractivity contribution in [2.24, 2.45) is 16.8 Å². The van der Waals surface area contributed by atoms with Crippen LogP contribution in [-0.2, 0) is 9.53 Å². The molecule has 0 aliphatic heterocycles. The van der Waals surface area contributed by atoms with E-state index in [2.05, 4.69) is 4.99 Å². The fourth-order valence-corrected chi connectivity index (χ4v) is 3.62. The summed E-state index contributed by atoms with van der Waals surface area (Å²) in [7, 11) is 0. The van der Waals surface area contributed by atoms with E-state index in [1.165, 1.54) is 32.1 Å². The lowest BCUT2D eigenvalue weighted by atomic mass is 9.76. The summed E-state index contributed by atoms with van der Waals surface area (Å²) in [6, 6.07) is 0.230. The first-order valence-corrected chi connectivity index (χ1v) is 9.63. The van der Waals surface area contributed by atoms with Gasteiger partial charge in [0, 0.05) is 2.74 Å². The number of nitrogens with zero attached hydrogens (tertiary/aromatic N) is 2. The first-order chi connectivity index (χ1) is 11.6. The van der Waals surface area contributed by atoms with E-state index >= 15 is 0 Å². The average molecular weight is 420 g/mol. The van der Waals surface area contributed by atoms with Crippen LogP contribution in [0.15, 0.2) is 4.99 Å². The molecule has 0 atom stereocenters. The number of alkyl halides is 1. The molecule has 0 aromatic heterocycles. The number of ether oxygens (including phenoxy) is 1. The van der Waals surface area contributed by atoms with Crippen molar-refractivity contribution in [3.8, 4) is 6.26 Å². The zero-order valence-corrected chi connectivity index (χ0v) is 15.2. The molecule has 0 spiro atoms. The van der Waals surface area contributed by atoms with E-state index in [1.807, 2.05) is 28.8 Å². The lowest BCUT2D eigenvalue weighted by Crippen LogP contribution is -2.24. The third-order valence-corrected chi connectivity index (χ3v) is 4.73. The summed E-state index contributed by atoms with van der Waals surface area (Å²) in [5.41, 5.74) is 0. The summed E-state index contributed by atoms with van der Waals surface area (Å²) >= 11 is 2.00. The minimum Gasteiger partial charge on any atom is -0.424 e. The lowest BCUT2D eigenvalue weighted by molar-refractivity contribution is 0.0915. The van der Waals surface area contributed by atoms with Crippen molar-refractivity contribution < 1.29 is 12.3 Å². The molecule has 4 nitrogen and oxygen atoms in total. The molecular formula is C17H27IN2O2. The summed E-state index contributed by atoms with van der Waals surface area (Å²) in [4.78, 5) is 14.1. The van der Waals surface area contributed by atoms with Gasteiger partial charge in [0.05, 0.1) is 6.04 Å². The van der Waals surface area contributed by atoms with Gasteiger partial charge in [0.2, 0.25) is 6.08 Å². The first-order valence-electron chi connectivity index (χ1n) is 9.26. The quantitative estimate of drug-likeness (QED) is 0.216. The zero-order valence-electron chi connectivity index (χ0n) is 15.0. The van der Waals surface area contributed by atoms with Crippen molar-refractivity contribution in [2.45, 2.75) is 76.8 Å². The zero-order chi connectivity index (χ0) is 17.8. The molecule has 2 fully saturated rings. The molecule has 2 rings (SSSR count). The number of carbonyl (C=O) groups excluding carboxylic acids is 1. The fraction of sp³-hybridized carbons (Fsp3) is 0.882. The summed E-state index contributed by atoms with van der Waals surface area (Å²) in [6.07, 6.45) is 13.9. The lowest BCUT2D eigenvalue weighted by Gasteiger charge is -2.32. The van der Waals surface area contributed by atoms with Gasteiger partial charge in [-0.3, -0.25) is 0 Å². The topological polar surface area (TPSA) is 62.4 Å². The highest BCUT2D eigenvalue weighted by atomic mass is 127. The van der Waals surface area contributed by atoms with Gasteiger partial charge < -0.3 is 4.74 Å². The van der Waals surface area contributed by atoms with Crippen LogP contribution in [0.5, 0.6) is 0 Å². The van der Waals surface area contributed by atoms with Crippen LogP contribution in [0.1, 0.15) is 67.4 Å². The third-order valence-electron chi connectivity index (χ3n) is 4.73. The monoisotopic (exact) mass is 420 g/mol. The Labute approximate surface area is 150 Å². The molecule has 124 valence electrons. The molecule has 0 heterocycles. The summed E-state index contributed by atoms with van der Waals surface area (Å²) in [5, 5.41) is 8.51.